The highest BCUT2D eigenvalue weighted by molar-refractivity contribution is 5.81. The van der Waals surface area contributed by atoms with Gasteiger partial charge in [-0.05, 0) is 6.42 Å². The van der Waals surface area contributed by atoms with Crippen LogP contribution in [0, 0.1) is 6.92 Å². The van der Waals surface area contributed by atoms with Crippen molar-refractivity contribution < 1.29 is 9.32 Å². The van der Waals surface area contributed by atoms with Gasteiger partial charge in [-0.1, -0.05) is 18.5 Å². The van der Waals surface area contributed by atoms with Crippen LogP contribution in [0.4, 0.5) is 0 Å². The third-order valence-corrected chi connectivity index (χ3v) is 2.15. The van der Waals surface area contributed by atoms with Crippen molar-refractivity contribution in [1.29, 1.82) is 0 Å². The predicted octanol–water partition coefficient (Wildman–Crippen LogP) is 0.164. The van der Waals surface area contributed by atoms with Gasteiger partial charge in [0.15, 0.2) is 5.82 Å². The van der Waals surface area contributed by atoms with E-state index in [1.54, 1.807) is 6.92 Å². The topological polar surface area (TPSA) is 94.0 Å². The first kappa shape index (κ1) is 12.6. The van der Waals surface area contributed by atoms with Crippen molar-refractivity contribution in [2.75, 3.05) is 6.54 Å². The molecule has 1 aromatic rings. The summed E-state index contributed by atoms with van der Waals surface area (Å²) in [7, 11) is 0. The summed E-state index contributed by atoms with van der Waals surface area (Å²) in [5, 5.41) is 6.46. The summed E-state index contributed by atoms with van der Waals surface area (Å²) >= 11 is 0. The number of aromatic nitrogens is 2. The van der Waals surface area contributed by atoms with E-state index in [2.05, 4.69) is 15.5 Å². The van der Waals surface area contributed by atoms with E-state index in [-0.39, 0.29) is 5.91 Å². The number of nitrogens with zero attached hydrogens (tertiary/aromatic N) is 2. The van der Waals surface area contributed by atoms with Crippen LogP contribution in [0.2, 0.25) is 0 Å². The minimum Gasteiger partial charge on any atom is -0.354 e. The zero-order valence-electron chi connectivity index (χ0n) is 9.69. The summed E-state index contributed by atoms with van der Waals surface area (Å²) in [6.07, 6.45) is 2.16. The third kappa shape index (κ3) is 3.98. The van der Waals surface area contributed by atoms with Crippen LogP contribution in [0.5, 0.6) is 0 Å². The molecule has 1 aromatic heterocycles. The Hall–Kier alpha value is -1.43. The van der Waals surface area contributed by atoms with Crippen LogP contribution < -0.4 is 11.1 Å². The Labute approximate surface area is 94.6 Å². The molecule has 0 spiro atoms. The Kier molecular flexibility index (Phi) is 4.91. The number of nitrogens with two attached hydrogens (primary N) is 1. The number of aryl methyl sites for hydroxylation is 1. The fourth-order valence-electron chi connectivity index (χ4n) is 1.31. The molecule has 6 heteroatoms. The van der Waals surface area contributed by atoms with Crippen LogP contribution in [-0.4, -0.2) is 28.6 Å². The van der Waals surface area contributed by atoms with E-state index in [4.69, 9.17) is 10.3 Å². The van der Waals surface area contributed by atoms with Gasteiger partial charge in [-0.3, -0.25) is 4.79 Å². The molecular weight excluding hydrogens is 208 g/mol. The molecule has 0 unspecified atom stereocenters. The highest BCUT2D eigenvalue weighted by Gasteiger charge is 2.11. The zero-order valence-corrected chi connectivity index (χ0v) is 9.69. The quantitative estimate of drug-likeness (QED) is 0.720. The fraction of sp³-hybridized carbons (Fsp3) is 0.700. The standard InChI is InChI=1S/C10H18N4O2/c1-3-4-8(11)10(15)12-6-5-9-13-7(2)16-14-9/h8H,3-6,11H2,1-2H3,(H,12,15)/t8-/m1/s1. The molecule has 1 atom stereocenters. The molecule has 0 aliphatic carbocycles. The Morgan fingerprint density at radius 1 is 1.62 bits per heavy atom. The van der Waals surface area contributed by atoms with Crippen LogP contribution in [0.25, 0.3) is 0 Å². The number of hydrogen-bond acceptors (Lipinski definition) is 5. The lowest BCUT2D eigenvalue weighted by Crippen LogP contribution is -2.41. The van der Waals surface area contributed by atoms with Gasteiger partial charge in [-0.2, -0.15) is 4.98 Å². The van der Waals surface area contributed by atoms with Gasteiger partial charge in [0, 0.05) is 19.9 Å². The van der Waals surface area contributed by atoms with Crippen molar-refractivity contribution >= 4 is 5.91 Å². The van der Waals surface area contributed by atoms with Crippen LogP contribution in [-0.2, 0) is 11.2 Å². The second kappa shape index (κ2) is 6.22. The highest BCUT2D eigenvalue weighted by Crippen LogP contribution is 1.96. The molecule has 0 saturated heterocycles. The van der Waals surface area contributed by atoms with Crippen LogP contribution in [0.3, 0.4) is 0 Å². The molecule has 0 fully saturated rings. The number of nitrogens with one attached hydrogen (secondary N) is 1. The highest BCUT2D eigenvalue weighted by atomic mass is 16.5. The number of hydrogen-bond donors (Lipinski definition) is 2. The first-order chi connectivity index (χ1) is 7.63. The summed E-state index contributed by atoms with van der Waals surface area (Å²) in [6, 6.07) is -0.419. The predicted molar refractivity (Wildman–Crippen MR) is 58.6 cm³/mol. The average molecular weight is 226 g/mol. The maximum Gasteiger partial charge on any atom is 0.236 e. The van der Waals surface area contributed by atoms with Gasteiger partial charge in [0.2, 0.25) is 11.8 Å². The maximum absolute atomic E-state index is 11.4. The van der Waals surface area contributed by atoms with Crippen molar-refractivity contribution in [3.63, 3.8) is 0 Å². The van der Waals surface area contributed by atoms with Gasteiger partial charge < -0.3 is 15.6 Å². The smallest absolute Gasteiger partial charge is 0.236 e. The molecule has 3 N–H and O–H groups in total. The van der Waals surface area contributed by atoms with Crippen molar-refractivity contribution in [2.45, 2.75) is 39.2 Å². The molecule has 1 amide bonds. The molecule has 0 saturated carbocycles. The molecule has 6 nitrogen and oxygen atoms in total. The van der Waals surface area contributed by atoms with Gasteiger partial charge in [-0.25, -0.2) is 0 Å². The fourth-order valence-corrected chi connectivity index (χ4v) is 1.31. The molecule has 1 rings (SSSR count). The SMILES string of the molecule is CCC[C@@H](N)C(=O)NCCc1noc(C)n1. The monoisotopic (exact) mass is 226 g/mol. The Balaban J connectivity index is 2.22. The van der Waals surface area contributed by atoms with Crippen LogP contribution in [0.1, 0.15) is 31.5 Å². The van der Waals surface area contributed by atoms with Gasteiger partial charge in [0.05, 0.1) is 6.04 Å². The molecule has 1 heterocycles. The van der Waals surface area contributed by atoms with E-state index in [1.165, 1.54) is 0 Å². The van der Waals surface area contributed by atoms with E-state index in [0.717, 1.165) is 6.42 Å². The molecule has 16 heavy (non-hydrogen) atoms. The molecule has 0 radical (unpaired) electrons. The van der Waals surface area contributed by atoms with Gasteiger partial charge in [0.25, 0.3) is 0 Å². The number of amides is 1. The molecule has 0 bridgehead atoms. The zero-order chi connectivity index (χ0) is 12.0. The molecule has 0 aliphatic heterocycles. The number of carbonyl (C=O) groups excluding carboxylic acids is 1. The lowest BCUT2D eigenvalue weighted by Gasteiger charge is -2.09. The normalized spacial score (nSPS) is 12.4. The van der Waals surface area contributed by atoms with E-state index in [1.807, 2.05) is 6.92 Å². The Bertz CT molecular complexity index is 337. The van der Waals surface area contributed by atoms with Crippen molar-refractivity contribution in [3.05, 3.63) is 11.7 Å². The first-order valence-corrected chi connectivity index (χ1v) is 5.46. The minimum absolute atomic E-state index is 0.123. The van der Waals surface area contributed by atoms with Gasteiger partial charge in [0.1, 0.15) is 0 Å². The Morgan fingerprint density at radius 2 is 2.38 bits per heavy atom. The van der Waals surface area contributed by atoms with Crippen molar-refractivity contribution in [2.24, 2.45) is 5.73 Å². The maximum atomic E-state index is 11.4. The third-order valence-electron chi connectivity index (χ3n) is 2.15. The second-order valence-electron chi connectivity index (χ2n) is 3.67. The van der Waals surface area contributed by atoms with E-state index < -0.39 is 6.04 Å². The van der Waals surface area contributed by atoms with Crippen molar-refractivity contribution in [1.82, 2.24) is 15.5 Å². The summed E-state index contributed by atoms with van der Waals surface area (Å²) in [4.78, 5) is 15.5. The first-order valence-electron chi connectivity index (χ1n) is 5.46. The summed E-state index contributed by atoms with van der Waals surface area (Å²) in [5.41, 5.74) is 5.65. The Morgan fingerprint density at radius 3 is 2.94 bits per heavy atom. The molecular formula is C10H18N4O2. The summed E-state index contributed by atoms with van der Waals surface area (Å²) < 4.78 is 4.81. The molecule has 0 aliphatic rings. The number of rotatable bonds is 6. The van der Waals surface area contributed by atoms with Gasteiger partial charge in [-0.15, -0.1) is 0 Å². The average Bonchev–Trinajstić information content (AvgIpc) is 2.64. The van der Waals surface area contributed by atoms with E-state index >= 15 is 0 Å². The summed E-state index contributed by atoms with van der Waals surface area (Å²) in [5.74, 6) is 1.01. The summed E-state index contributed by atoms with van der Waals surface area (Å²) in [6.45, 7) is 4.21. The van der Waals surface area contributed by atoms with Crippen molar-refractivity contribution in [3.8, 4) is 0 Å². The molecule has 0 aromatic carbocycles. The molecule has 90 valence electrons. The minimum atomic E-state index is -0.419. The van der Waals surface area contributed by atoms with E-state index in [9.17, 15) is 4.79 Å². The number of carbonyl (C=O) groups is 1. The second-order valence-corrected chi connectivity index (χ2v) is 3.67. The lowest BCUT2D eigenvalue weighted by atomic mass is 10.2. The van der Waals surface area contributed by atoms with Gasteiger partial charge >= 0.3 is 0 Å². The van der Waals surface area contributed by atoms with E-state index in [0.29, 0.717) is 31.1 Å². The lowest BCUT2D eigenvalue weighted by molar-refractivity contribution is -0.122. The van der Waals surface area contributed by atoms with Crippen LogP contribution >= 0.6 is 0 Å². The van der Waals surface area contributed by atoms with Crippen LogP contribution in [0.15, 0.2) is 4.52 Å². The largest absolute Gasteiger partial charge is 0.354 e.